The minimum atomic E-state index is 0.514. The summed E-state index contributed by atoms with van der Waals surface area (Å²) >= 11 is 5.79. The Morgan fingerprint density at radius 2 is 2.33 bits per heavy atom. The standard InChI is InChI=1S/C9H15ClN2/c1-4-7(2)9-8(5-10)6-12(3)11-9/h6-7H,4-5H2,1-3H3. The molecule has 68 valence electrons. The van der Waals surface area contributed by atoms with Crippen molar-refractivity contribution in [3.63, 3.8) is 0 Å². The van der Waals surface area contributed by atoms with Crippen molar-refractivity contribution in [3.05, 3.63) is 17.5 Å². The summed E-state index contributed by atoms with van der Waals surface area (Å²) in [4.78, 5) is 0. The molecule has 12 heavy (non-hydrogen) atoms. The van der Waals surface area contributed by atoms with Gasteiger partial charge >= 0.3 is 0 Å². The van der Waals surface area contributed by atoms with E-state index >= 15 is 0 Å². The zero-order valence-electron chi connectivity index (χ0n) is 7.84. The Morgan fingerprint density at radius 1 is 1.67 bits per heavy atom. The van der Waals surface area contributed by atoms with Crippen molar-refractivity contribution in [1.29, 1.82) is 0 Å². The zero-order chi connectivity index (χ0) is 9.14. The van der Waals surface area contributed by atoms with Gasteiger partial charge in [0.25, 0.3) is 0 Å². The number of rotatable bonds is 3. The minimum absolute atomic E-state index is 0.514. The number of nitrogens with zero attached hydrogens (tertiary/aromatic N) is 2. The number of hydrogen-bond acceptors (Lipinski definition) is 1. The Balaban J connectivity index is 2.96. The SMILES string of the molecule is CCC(C)c1nn(C)cc1CCl. The molecule has 2 nitrogen and oxygen atoms in total. The van der Waals surface area contributed by atoms with Gasteiger partial charge in [-0.05, 0) is 6.42 Å². The van der Waals surface area contributed by atoms with Crippen LogP contribution in [0.4, 0.5) is 0 Å². The van der Waals surface area contributed by atoms with E-state index in [9.17, 15) is 0 Å². The molecule has 1 aromatic rings. The quantitative estimate of drug-likeness (QED) is 0.664. The molecule has 1 rings (SSSR count). The summed E-state index contributed by atoms with van der Waals surface area (Å²) in [5, 5.41) is 4.38. The first-order chi connectivity index (χ1) is 5.69. The largest absolute Gasteiger partial charge is 0.275 e. The average molecular weight is 187 g/mol. The number of aryl methyl sites for hydroxylation is 1. The summed E-state index contributed by atoms with van der Waals surface area (Å²) in [6.07, 6.45) is 3.11. The van der Waals surface area contributed by atoms with Crippen molar-refractivity contribution < 1.29 is 0 Å². The molecule has 0 aliphatic rings. The molecule has 0 aromatic carbocycles. The van der Waals surface area contributed by atoms with Gasteiger partial charge in [-0.2, -0.15) is 5.10 Å². The molecule has 0 amide bonds. The molecule has 0 N–H and O–H groups in total. The third kappa shape index (κ3) is 1.81. The van der Waals surface area contributed by atoms with Crippen molar-refractivity contribution in [2.24, 2.45) is 7.05 Å². The number of alkyl halides is 1. The van der Waals surface area contributed by atoms with E-state index in [1.165, 1.54) is 0 Å². The van der Waals surface area contributed by atoms with Gasteiger partial charge in [0, 0.05) is 24.7 Å². The van der Waals surface area contributed by atoms with Crippen LogP contribution >= 0.6 is 11.6 Å². The lowest BCUT2D eigenvalue weighted by Crippen LogP contribution is -1.97. The van der Waals surface area contributed by atoms with E-state index in [2.05, 4.69) is 18.9 Å². The van der Waals surface area contributed by atoms with E-state index in [1.807, 2.05) is 17.9 Å². The molecule has 0 saturated heterocycles. The van der Waals surface area contributed by atoms with Crippen LogP contribution in [-0.2, 0) is 12.9 Å². The molecule has 0 fully saturated rings. The number of halogens is 1. The molecule has 0 radical (unpaired) electrons. The Bertz CT molecular complexity index is 255. The number of aromatic nitrogens is 2. The third-order valence-corrected chi connectivity index (χ3v) is 2.45. The Morgan fingerprint density at radius 3 is 2.83 bits per heavy atom. The molecule has 0 spiro atoms. The topological polar surface area (TPSA) is 17.8 Å². The lowest BCUT2D eigenvalue weighted by Gasteiger charge is -2.05. The second kappa shape index (κ2) is 3.94. The Kier molecular flexibility index (Phi) is 3.15. The fraction of sp³-hybridized carbons (Fsp3) is 0.667. The number of hydrogen-bond donors (Lipinski definition) is 0. The summed E-state index contributed by atoms with van der Waals surface area (Å²) in [6.45, 7) is 4.34. The van der Waals surface area contributed by atoms with Gasteiger partial charge in [-0.3, -0.25) is 4.68 Å². The van der Waals surface area contributed by atoms with Crippen molar-refractivity contribution in [3.8, 4) is 0 Å². The van der Waals surface area contributed by atoms with Crippen molar-refractivity contribution in [2.75, 3.05) is 0 Å². The average Bonchev–Trinajstić information content (AvgIpc) is 2.45. The normalized spacial score (nSPS) is 13.3. The van der Waals surface area contributed by atoms with Gasteiger partial charge in [-0.1, -0.05) is 13.8 Å². The van der Waals surface area contributed by atoms with Gasteiger partial charge in [0.15, 0.2) is 0 Å². The summed E-state index contributed by atoms with van der Waals surface area (Å²) in [5.41, 5.74) is 2.31. The van der Waals surface area contributed by atoms with Crippen LogP contribution in [0, 0.1) is 0 Å². The Hall–Kier alpha value is -0.500. The highest BCUT2D eigenvalue weighted by atomic mass is 35.5. The highest BCUT2D eigenvalue weighted by Gasteiger charge is 2.11. The summed E-state index contributed by atoms with van der Waals surface area (Å²) in [7, 11) is 1.93. The molecular formula is C9H15ClN2. The van der Waals surface area contributed by atoms with Gasteiger partial charge in [-0.15, -0.1) is 11.6 Å². The van der Waals surface area contributed by atoms with E-state index in [0.29, 0.717) is 11.8 Å². The van der Waals surface area contributed by atoms with Gasteiger partial charge < -0.3 is 0 Å². The van der Waals surface area contributed by atoms with E-state index in [-0.39, 0.29) is 0 Å². The smallest absolute Gasteiger partial charge is 0.0696 e. The highest BCUT2D eigenvalue weighted by Crippen LogP contribution is 2.21. The fourth-order valence-corrected chi connectivity index (χ4v) is 1.47. The monoisotopic (exact) mass is 186 g/mol. The van der Waals surface area contributed by atoms with Crippen LogP contribution in [-0.4, -0.2) is 9.78 Å². The van der Waals surface area contributed by atoms with Gasteiger partial charge in [0.1, 0.15) is 0 Å². The molecule has 1 heterocycles. The van der Waals surface area contributed by atoms with E-state index < -0.39 is 0 Å². The first-order valence-electron chi connectivity index (χ1n) is 4.27. The molecule has 1 unspecified atom stereocenters. The minimum Gasteiger partial charge on any atom is -0.275 e. The molecule has 0 aliphatic carbocycles. The first-order valence-corrected chi connectivity index (χ1v) is 4.80. The maximum atomic E-state index is 5.79. The van der Waals surface area contributed by atoms with Crippen molar-refractivity contribution in [1.82, 2.24) is 9.78 Å². The van der Waals surface area contributed by atoms with Crippen molar-refractivity contribution >= 4 is 11.6 Å². The van der Waals surface area contributed by atoms with Crippen LogP contribution in [0.1, 0.15) is 37.4 Å². The molecule has 0 bridgehead atoms. The predicted molar refractivity (Wildman–Crippen MR) is 51.5 cm³/mol. The molecule has 3 heteroatoms. The summed E-state index contributed by atoms with van der Waals surface area (Å²) in [6, 6.07) is 0. The molecule has 0 aliphatic heterocycles. The molecule has 1 atom stereocenters. The maximum absolute atomic E-state index is 5.79. The Labute approximate surface area is 78.5 Å². The highest BCUT2D eigenvalue weighted by molar-refractivity contribution is 6.17. The van der Waals surface area contributed by atoms with E-state index in [4.69, 9.17) is 11.6 Å². The summed E-state index contributed by atoms with van der Waals surface area (Å²) in [5.74, 6) is 1.08. The van der Waals surface area contributed by atoms with Gasteiger partial charge in [0.05, 0.1) is 11.6 Å². The van der Waals surface area contributed by atoms with Crippen LogP contribution < -0.4 is 0 Å². The van der Waals surface area contributed by atoms with Gasteiger partial charge in [-0.25, -0.2) is 0 Å². The third-order valence-electron chi connectivity index (χ3n) is 2.16. The van der Waals surface area contributed by atoms with E-state index in [1.54, 1.807) is 0 Å². The maximum Gasteiger partial charge on any atom is 0.0696 e. The van der Waals surface area contributed by atoms with Crippen molar-refractivity contribution in [2.45, 2.75) is 32.1 Å². The van der Waals surface area contributed by atoms with Crippen LogP contribution in [0.25, 0.3) is 0 Å². The molecular weight excluding hydrogens is 172 g/mol. The second-order valence-electron chi connectivity index (χ2n) is 3.16. The van der Waals surface area contributed by atoms with Crippen LogP contribution in [0.3, 0.4) is 0 Å². The molecule has 0 saturated carbocycles. The first kappa shape index (κ1) is 9.59. The van der Waals surface area contributed by atoms with Crippen LogP contribution in [0.15, 0.2) is 6.20 Å². The predicted octanol–water partition coefficient (Wildman–Crippen LogP) is 2.67. The van der Waals surface area contributed by atoms with Crippen LogP contribution in [0.5, 0.6) is 0 Å². The fourth-order valence-electron chi connectivity index (χ4n) is 1.27. The lowest BCUT2D eigenvalue weighted by molar-refractivity contribution is 0.663. The lowest BCUT2D eigenvalue weighted by atomic mass is 10.0. The summed E-state index contributed by atoms with van der Waals surface area (Å²) < 4.78 is 1.83. The zero-order valence-corrected chi connectivity index (χ0v) is 8.60. The van der Waals surface area contributed by atoms with Gasteiger partial charge in [0.2, 0.25) is 0 Å². The second-order valence-corrected chi connectivity index (χ2v) is 3.42. The van der Waals surface area contributed by atoms with Crippen LogP contribution in [0.2, 0.25) is 0 Å². The molecule has 1 aromatic heterocycles. The van der Waals surface area contributed by atoms with E-state index in [0.717, 1.165) is 17.7 Å².